The van der Waals surface area contributed by atoms with E-state index >= 15 is 0 Å². The summed E-state index contributed by atoms with van der Waals surface area (Å²) in [6.45, 7) is 8.68. The zero-order valence-electron chi connectivity index (χ0n) is 16.6. The minimum Gasteiger partial charge on any atom is -0.249 e. The number of aliphatic imine (C=N–C) groups is 1. The van der Waals surface area contributed by atoms with E-state index in [1.807, 2.05) is 12.3 Å². The molecule has 0 bridgehead atoms. The summed E-state index contributed by atoms with van der Waals surface area (Å²) in [6.07, 6.45) is 8.03. The van der Waals surface area contributed by atoms with Crippen molar-refractivity contribution in [2.45, 2.75) is 51.0 Å². The summed E-state index contributed by atoms with van der Waals surface area (Å²) in [5, 5.41) is 4.44. The number of hydrogen-bond donors (Lipinski definition) is 0. The maximum absolute atomic E-state index is 5.00. The minimum atomic E-state index is 0.252. The molecule has 1 aliphatic heterocycles. The molecule has 144 valence electrons. The van der Waals surface area contributed by atoms with Gasteiger partial charge >= 0.3 is 0 Å². The fourth-order valence-corrected chi connectivity index (χ4v) is 6.02. The van der Waals surface area contributed by atoms with Crippen LogP contribution in [0, 0.1) is 19.3 Å². The highest BCUT2D eigenvalue weighted by Crippen LogP contribution is 2.56. The minimum absolute atomic E-state index is 0.252. The van der Waals surface area contributed by atoms with Gasteiger partial charge in [-0.25, -0.2) is 9.98 Å². The first-order valence-corrected chi connectivity index (χ1v) is 11.6. The molecule has 2 aliphatic rings. The van der Waals surface area contributed by atoms with Gasteiger partial charge < -0.3 is 0 Å². The molecule has 4 heteroatoms. The molecule has 0 atom stereocenters. The Morgan fingerprint density at radius 1 is 1.14 bits per heavy atom. The second-order valence-electron chi connectivity index (χ2n) is 7.83. The van der Waals surface area contributed by atoms with Crippen molar-refractivity contribution in [2.75, 3.05) is 0 Å². The highest BCUT2D eigenvalue weighted by molar-refractivity contribution is 8.17. The molecular weight excluding hydrogens is 380 g/mol. The Morgan fingerprint density at radius 3 is 2.61 bits per heavy atom. The smallest absolute Gasteiger partial charge is 0.105 e. The molecule has 1 spiro atoms. The summed E-state index contributed by atoms with van der Waals surface area (Å²) in [6, 6.07) is 12.5. The van der Waals surface area contributed by atoms with Crippen molar-refractivity contribution in [3.05, 3.63) is 76.2 Å². The summed E-state index contributed by atoms with van der Waals surface area (Å²) >= 11 is 3.50. The third-order valence-corrected chi connectivity index (χ3v) is 7.99. The molecule has 28 heavy (non-hydrogen) atoms. The van der Waals surface area contributed by atoms with Gasteiger partial charge in [0, 0.05) is 11.6 Å². The maximum Gasteiger partial charge on any atom is 0.105 e. The standard InChI is InChI=1S/C24H26N2S2/c1-17-8-10-21(11-9-17)26-23-20(16-27-22-18(2)7-6-14-25-22)15-24(19(3)28-23)12-4-5-13-24/h6-11,14,16H,3-5,12-13,15H2,1-2H3/b20-16+,26-23?. The third-order valence-electron chi connectivity index (χ3n) is 5.71. The zero-order chi connectivity index (χ0) is 19.6. The second kappa shape index (κ2) is 8.30. The fraction of sp³-hybridized carbons (Fsp3) is 0.333. The molecule has 0 N–H and O–H groups in total. The van der Waals surface area contributed by atoms with E-state index in [4.69, 9.17) is 4.99 Å². The van der Waals surface area contributed by atoms with Crippen LogP contribution >= 0.6 is 23.5 Å². The lowest BCUT2D eigenvalue weighted by Gasteiger charge is -2.37. The van der Waals surface area contributed by atoms with E-state index in [2.05, 4.69) is 61.2 Å². The number of pyridine rings is 1. The van der Waals surface area contributed by atoms with Gasteiger partial charge in [-0.15, -0.1) is 0 Å². The molecule has 1 saturated carbocycles. The van der Waals surface area contributed by atoms with E-state index in [9.17, 15) is 0 Å². The Kier molecular flexibility index (Phi) is 5.79. The molecule has 2 aromatic rings. The van der Waals surface area contributed by atoms with E-state index in [-0.39, 0.29) is 5.41 Å². The van der Waals surface area contributed by atoms with Crippen molar-refractivity contribution in [1.29, 1.82) is 0 Å². The maximum atomic E-state index is 5.00. The number of rotatable bonds is 3. The van der Waals surface area contributed by atoms with E-state index in [1.165, 1.54) is 47.3 Å². The lowest BCUT2D eigenvalue weighted by atomic mass is 9.79. The molecule has 2 heterocycles. The number of benzene rings is 1. The summed E-state index contributed by atoms with van der Waals surface area (Å²) in [5.74, 6) is 0. The van der Waals surface area contributed by atoms with Crippen molar-refractivity contribution in [3.63, 3.8) is 0 Å². The van der Waals surface area contributed by atoms with Crippen molar-refractivity contribution in [3.8, 4) is 0 Å². The van der Waals surface area contributed by atoms with E-state index < -0.39 is 0 Å². The van der Waals surface area contributed by atoms with Gasteiger partial charge in [-0.05, 0) is 72.8 Å². The Labute approximate surface area is 176 Å². The normalized spacial score (nSPS) is 21.7. The molecule has 1 saturated heterocycles. The Balaban J connectivity index is 1.68. The fourth-order valence-electron chi connectivity index (χ4n) is 3.98. The summed E-state index contributed by atoms with van der Waals surface area (Å²) < 4.78 is 0. The topological polar surface area (TPSA) is 25.2 Å². The molecule has 0 unspecified atom stereocenters. The van der Waals surface area contributed by atoms with Crippen LogP contribution in [-0.4, -0.2) is 10.0 Å². The van der Waals surface area contributed by atoms with Crippen molar-refractivity contribution < 1.29 is 0 Å². The predicted octanol–water partition coefficient (Wildman–Crippen LogP) is 7.62. The SMILES string of the molecule is C=C1SC(=Nc2ccc(C)cc2)/C(=C/Sc2ncccc2C)CC12CCCC2. The number of aryl methyl sites for hydroxylation is 2. The lowest BCUT2D eigenvalue weighted by Crippen LogP contribution is -2.25. The van der Waals surface area contributed by atoms with Gasteiger partial charge in [0.25, 0.3) is 0 Å². The van der Waals surface area contributed by atoms with Gasteiger partial charge in [-0.2, -0.15) is 0 Å². The van der Waals surface area contributed by atoms with Crippen LogP contribution in [-0.2, 0) is 0 Å². The van der Waals surface area contributed by atoms with Gasteiger partial charge in [0.2, 0.25) is 0 Å². The van der Waals surface area contributed by atoms with Gasteiger partial charge in [0.05, 0.1) is 5.69 Å². The van der Waals surface area contributed by atoms with Crippen LogP contribution in [0.15, 0.2) is 75.1 Å². The first-order valence-electron chi connectivity index (χ1n) is 9.86. The first kappa shape index (κ1) is 19.5. The Bertz CT molecular complexity index is 935. The average Bonchev–Trinajstić information content (AvgIpc) is 3.16. The lowest BCUT2D eigenvalue weighted by molar-refractivity contribution is 0.389. The molecule has 1 aromatic carbocycles. The van der Waals surface area contributed by atoms with Gasteiger partial charge in [-0.1, -0.05) is 66.7 Å². The second-order valence-corrected chi connectivity index (χ2v) is 9.77. The summed E-state index contributed by atoms with van der Waals surface area (Å²) in [4.78, 5) is 10.8. The molecule has 1 aliphatic carbocycles. The monoisotopic (exact) mass is 406 g/mol. The number of aromatic nitrogens is 1. The molecule has 0 amide bonds. The molecule has 2 nitrogen and oxygen atoms in total. The van der Waals surface area contributed by atoms with Crippen LogP contribution in [0.4, 0.5) is 5.69 Å². The molecule has 2 fully saturated rings. The summed E-state index contributed by atoms with van der Waals surface area (Å²) in [7, 11) is 0. The number of hydrogen-bond acceptors (Lipinski definition) is 4. The van der Waals surface area contributed by atoms with Gasteiger partial charge in [-0.3, -0.25) is 0 Å². The van der Waals surface area contributed by atoms with Gasteiger partial charge in [0.15, 0.2) is 0 Å². The number of allylic oxidation sites excluding steroid dienone is 1. The zero-order valence-corrected chi connectivity index (χ0v) is 18.2. The van der Waals surface area contributed by atoms with Crippen molar-refractivity contribution >= 4 is 34.3 Å². The van der Waals surface area contributed by atoms with E-state index in [0.717, 1.165) is 22.2 Å². The third kappa shape index (κ3) is 4.13. The quantitative estimate of drug-likeness (QED) is 0.490. The Morgan fingerprint density at radius 2 is 1.89 bits per heavy atom. The highest BCUT2D eigenvalue weighted by atomic mass is 32.2. The van der Waals surface area contributed by atoms with Crippen LogP contribution in [0.2, 0.25) is 0 Å². The van der Waals surface area contributed by atoms with Crippen LogP contribution < -0.4 is 0 Å². The van der Waals surface area contributed by atoms with E-state index in [1.54, 1.807) is 23.5 Å². The van der Waals surface area contributed by atoms with Gasteiger partial charge in [0.1, 0.15) is 10.1 Å². The first-order chi connectivity index (χ1) is 13.6. The largest absolute Gasteiger partial charge is 0.249 e. The van der Waals surface area contributed by atoms with E-state index in [0.29, 0.717) is 0 Å². The van der Waals surface area contributed by atoms with Crippen LogP contribution in [0.5, 0.6) is 0 Å². The van der Waals surface area contributed by atoms with Crippen molar-refractivity contribution in [1.82, 2.24) is 4.98 Å². The van der Waals surface area contributed by atoms with Crippen LogP contribution in [0.1, 0.15) is 43.2 Å². The molecule has 0 radical (unpaired) electrons. The van der Waals surface area contributed by atoms with Crippen LogP contribution in [0.25, 0.3) is 0 Å². The highest BCUT2D eigenvalue weighted by Gasteiger charge is 2.42. The Hall–Kier alpha value is -1.78. The number of thioether (sulfide) groups is 2. The van der Waals surface area contributed by atoms with Crippen LogP contribution in [0.3, 0.4) is 0 Å². The molecule has 1 aromatic heterocycles. The predicted molar refractivity (Wildman–Crippen MR) is 123 cm³/mol. The number of nitrogens with zero attached hydrogens (tertiary/aromatic N) is 2. The molecule has 4 rings (SSSR count). The summed E-state index contributed by atoms with van der Waals surface area (Å²) in [5.41, 5.74) is 5.06. The van der Waals surface area contributed by atoms with Crippen molar-refractivity contribution in [2.24, 2.45) is 10.4 Å². The molecular formula is C24H26N2S2. The average molecular weight is 407 g/mol.